The van der Waals surface area contributed by atoms with Crippen LogP contribution in [0.4, 0.5) is 41.2 Å². The van der Waals surface area contributed by atoms with Crippen LogP contribution >= 0.6 is 23.4 Å². The fourth-order valence-electron chi connectivity index (χ4n) is 3.87. The van der Waals surface area contributed by atoms with E-state index in [0.717, 1.165) is 29.0 Å². The monoisotopic (exact) mass is 555 g/mol. The van der Waals surface area contributed by atoms with E-state index >= 15 is 0 Å². The fraction of sp³-hybridized carbons (Fsp3) is 0.391. The van der Waals surface area contributed by atoms with E-state index in [-0.39, 0.29) is 18.2 Å². The molecule has 0 aliphatic carbocycles. The third-order valence-electron chi connectivity index (χ3n) is 5.69. The minimum absolute atomic E-state index is 0.0173. The summed E-state index contributed by atoms with van der Waals surface area (Å²) in [5.41, 5.74) is -2.85. The van der Waals surface area contributed by atoms with Crippen LogP contribution < -0.4 is 5.32 Å². The normalized spacial score (nSPS) is 18.4. The SMILES string of the molecule is CSCCCC1(C)CN(C(=O)Nc2ccc(C(F)(F)F)cc2F)N=C1c1ccc(C(F)(F)F)c(Cl)c1. The maximum Gasteiger partial charge on any atom is 0.417 e. The zero-order chi connectivity index (χ0) is 26.9. The highest BCUT2D eigenvalue weighted by atomic mass is 35.5. The predicted octanol–water partition coefficient (Wildman–Crippen LogP) is 7.92. The number of hydrazone groups is 1. The first-order valence-corrected chi connectivity index (χ1v) is 12.3. The first-order chi connectivity index (χ1) is 16.7. The smallest absolute Gasteiger partial charge is 0.304 e. The van der Waals surface area contributed by atoms with Gasteiger partial charge in [-0.3, -0.25) is 0 Å². The molecule has 0 spiro atoms. The number of carbonyl (C=O) groups is 1. The third kappa shape index (κ3) is 6.26. The predicted molar refractivity (Wildman–Crippen MR) is 126 cm³/mol. The van der Waals surface area contributed by atoms with Crippen molar-refractivity contribution in [1.82, 2.24) is 5.01 Å². The van der Waals surface area contributed by atoms with Crippen molar-refractivity contribution >= 4 is 40.8 Å². The number of hydrogen-bond acceptors (Lipinski definition) is 3. The molecule has 4 nitrogen and oxygen atoms in total. The Balaban J connectivity index is 1.91. The van der Waals surface area contributed by atoms with Crippen molar-refractivity contribution in [2.24, 2.45) is 10.5 Å². The van der Waals surface area contributed by atoms with E-state index < -0.39 is 51.5 Å². The standard InChI is InChI=1S/C23H21ClF7N3OS/c1-21(8-3-9-36-2)12-34(20(35)32-18-7-5-14(11-17(18)25)22(26,27)28)33-19(21)13-4-6-15(16(24)10-13)23(29,30)31/h4-7,10-11H,3,8-9,12H2,1-2H3,(H,32,35). The highest BCUT2D eigenvalue weighted by molar-refractivity contribution is 7.98. The second-order valence-electron chi connectivity index (χ2n) is 8.48. The summed E-state index contributed by atoms with van der Waals surface area (Å²) in [6.45, 7) is 1.81. The minimum Gasteiger partial charge on any atom is -0.304 e. The number of nitrogens with zero attached hydrogens (tertiary/aromatic N) is 2. The molecule has 1 aliphatic rings. The summed E-state index contributed by atoms with van der Waals surface area (Å²) in [7, 11) is 0. The van der Waals surface area contributed by atoms with Gasteiger partial charge in [-0.1, -0.05) is 24.6 Å². The van der Waals surface area contributed by atoms with Gasteiger partial charge in [-0.25, -0.2) is 14.2 Å². The quantitative estimate of drug-likeness (QED) is 0.291. The van der Waals surface area contributed by atoms with E-state index in [4.69, 9.17) is 11.6 Å². The molecule has 0 bridgehead atoms. The molecule has 1 N–H and O–H groups in total. The Labute approximate surface area is 211 Å². The van der Waals surface area contributed by atoms with Crippen molar-refractivity contribution < 1.29 is 35.5 Å². The lowest BCUT2D eigenvalue weighted by Crippen LogP contribution is -2.36. The Morgan fingerprint density at radius 3 is 2.39 bits per heavy atom. The zero-order valence-electron chi connectivity index (χ0n) is 19.0. The topological polar surface area (TPSA) is 44.7 Å². The van der Waals surface area contributed by atoms with Gasteiger partial charge in [0.1, 0.15) is 5.82 Å². The van der Waals surface area contributed by atoms with E-state index in [1.54, 1.807) is 18.7 Å². The van der Waals surface area contributed by atoms with Crippen molar-refractivity contribution in [1.29, 1.82) is 0 Å². The second-order valence-corrected chi connectivity index (χ2v) is 9.87. The molecule has 2 amide bonds. The summed E-state index contributed by atoms with van der Waals surface area (Å²) in [5, 5.41) is 6.96. The van der Waals surface area contributed by atoms with Crippen molar-refractivity contribution in [3.05, 3.63) is 63.9 Å². The van der Waals surface area contributed by atoms with Gasteiger partial charge < -0.3 is 5.32 Å². The van der Waals surface area contributed by atoms with Crippen molar-refractivity contribution in [3.8, 4) is 0 Å². The van der Waals surface area contributed by atoms with Gasteiger partial charge in [-0.05, 0) is 60.7 Å². The van der Waals surface area contributed by atoms with Gasteiger partial charge in [0.25, 0.3) is 0 Å². The summed E-state index contributed by atoms with van der Waals surface area (Å²) >= 11 is 7.49. The summed E-state index contributed by atoms with van der Waals surface area (Å²) in [6.07, 6.45) is -6.23. The lowest BCUT2D eigenvalue weighted by Gasteiger charge is -2.26. The molecule has 1 aliphatic heterocycles. The van der Waals surface area contributed by atoms with Crippen molar-refractivity contribution in [2.75, 3.05) is 23.9 Å². The number of nitrogens with one attached hydrogen (secondary N) is 1. The van der Waals surface area contributed by atoms with Crippen LogP contribution in [0.25, 0.3) is 0 Å². The summed E-state index contributed by atoms with van der Waals surface area (Å²) < 4.78 is 92.0. The van der Waals surface area contributed by atoms with Crippen LogP contribution in [0.15, 0.2) is 41.5 Å². The van der Waals surface area contributed by atoms with Gasteiger partial charge in [-0.15, -0.1) is 0 Å². The van der Waals surface area contributed by atoms with Gasteiger partial charge in [-0.2, -0.15) is 43.2 Å². The molecule has 1 heterocycles. The highest BCUT2D eigenvalue weighted by Gasteiger charge is 2.42. The number of urea groups is 1. The zero-order valence-corrected chi connectivity index (χ0v) is 20.6. The van der Waals surface area contributed by atoms with Crippen LogP contribution in [-0.4, -0.2) is 35.3 Å². The van der Waals surface area contributed by atoms with E-state index in [2.05, 4.69) is 10.4 Å². The molecule has 0 fully saturated rings. The maximum atomic E-state index is 14.2. The Morgan fingerprint density at radius 1 is 1.14 bits per heavy atom. The molecule has 1 atom stereocenters. The number of anilines is 1. The lowest BCUT2D eigenvalue weighted by molar-refractivity contribution is -0.138. The van der Waals surface area contributed by atoms with Crippen molar-refractivity contribution in [3.63, 3.8) is 0 Å². The molecule has 2 aromatic rings. The number of benzene rings is 2. The van der Waals surface area contributed by atoms with Crippen LogP contribution in [0, 0.1) is 11.2 Å². The average Bonchev–Trinajstić information content (AvgIpc) is 3.11. The third-order valence-corrected chi connectivity index (χ3v) is 6.70. The molecular weight excluding hydrogens is 535 g/mol. The molecule has 36 heavy (non-hydrogen) atoms. The van der Waals surface area contributed by atoms with Crippen molar-refractivity contribution in [2.45, 2.75) is 32.1 Å². The minimum atomic E-state index is -4.75. The molecule has 196 valence electrons. The Kier molecular flexibility index (Phi) is 8.19. The Hall–Kier alpha value is -2.47. The molecule has 0 saturated heterocycles. The number of hydrogen-bond donors (Lipinski definition) is 1. The first-order valence-electron chi connectivity index (χ1n) is 10.6. The molecule has 1 unspecified atom stereocenters. The number of halogens is 8. The largest absolute Gasteiger partial charge is 0.417 e. The van der Waals surface area contributed by atoms with E-state index in [0.29, 0.717) is 24.6 Å². The summed E-state index contributed by atoms with van der Waals surface area (Å²) in [4.78, 5) is 12.8. The van der Waals surface area contributed by atoms with Gasteiger partial charge in [0.15, 0.2) is 0 Å². The number of alkyl halides is 6. The van der Waals surface area contributed by atoms with Crippen LogP contribution in [-0.2, 0) is 12.4 Å². The van der Waals surface area contributed by atoms with Gasteiger partial charge >= 0.3 is 18.4 Å². The van der Waals surface area contributed by atoms with E-state index in [9.17, 15) is 35.5 Å². The first kappa shape index (κ1) is 28.1. The average molecular weight is 556 g/mol. The highest BCUT2D eigenvalue weighted by Crippen LogP contribution is 2.40. The number of thioether (sulfide) groups is 1. The molecular formula is C23H21ClF7N3OS. The van der Waals surface area contributed by atoms with E-state index in [1.165, 1.54) is 6.07 Å². The molecule has 3 rings (SSSR count). The summed E-state index contributed by atoms with van der Waals surface area (Å²) in [5.74, 6) is -0.488. The second kappa shape index (κ2) is 10.5. The molecule has 0 radical (unpaired) electrons. The van der Waals surface area contributed by atoms with Crippen LogP contribution in [0.5, 0.6) is 0 Å². The van der Waals surface area contributed by atoms with Gasteiger partial charge in [0, 0.05) is 5.41 Å². The number of carbonyl (C=O) groups excluding carboxylic acids is 1. The Morgan fingerprint density at radius 2 is 1.83 bits per heavy atom. The van der Waals surface area contributed by atoms with Crippen LogP contribution in [0.1, 0.15) is 36.5 Å². The molecule has 13 heteroatoms. The maximum absolute atomic E-state index is 14.2. The lowest BCUT2D eigenvalue weighted by atomic mass is 9.78. The molecule has 2 aromatic carbocycles. The van der Waals surface area contributed by atoms with Gasteiger partial charge in [0.2, 0.25) is 0 Å². The molecule has 0 saturated carbocycles. The number of rotatable bonds is 6. The molecule has 0 aromatic heterocycles. The van der Waals surface area contributed by atoms with E-state index in [1.807, 2.05) is 6.26 Å². The summed E-state index contributed by atoms with van der Waals surface area (Å²) in [6, 6.07) is 3.98. The Bertz CT molecular complexity index is 1170. The number of amides is 2. The fourth-order valence-corrected chi connectivity index (χ4v) is 4.60. The van der Waals surface area contributed by atoms with Crippen LogP contribution in [0.3, 0.4) is 0 Å². The van der Waals surface area contributed by atoms with Crippen LogP contribution in [0.2, 0.25) is 5.02 Å². The van der Waals surface area contributed by atoms with Gasteiger partial charge in [0.05, 0.1) is 34.1 Å².